The van der Waals surface area contributed by atoms with Crippen LogP contribution in [0, 0.1) is 0 Å². The molecule has 0 aliphatic rings. The number of hydrogen-bond donors (Lipinski definition) is 1. The molecule has 1 aromatic heterocycles. The summed E-state index contributed by atoms with van der Waals surface area (Å²) in [5.41, 5.74) is 6.38. The van der Waals surface area contributed by atoms with Crippen LogP contribution in [0.3, 0.4) is 0 Å². The summed E-state index contributed by atoms with van der Waals surface area (Å²) in [5, 5.41) is 8.02. The number of nitrogens with two attached hydrogens (primary N) is 1. The number of halogens is 1. The lowest BCUT2D eigenvalue weighted by Crippen LogP contribution is -1.93. The molecule has 0 amide bonds. The number of rotatable bonds is 1. The molecule has 0 bridgehead atoms. The molecule has 1 heterocycles. The molecule has 0 aromatic carbocycles. The van der Waals surface area contributed by atoms with Gasteiger partial charge in [0.1, 0.15) is 5.82 Å². The summed E-state index contributed by atoms with van der Waals surface area (Å²) in [6.45, 7) is 0. The Labute approximate surface area is 61.4 Å². The van der Waals surface area contributed by atoms with Crippen LogP contribution in [0.25, 0.3) is 0 Å². The van der Waals surface area contributed by atoms with E-state index in [-0.39, 0.29) is 0 Å². The smallest absolute Gasteiger partial charge is 0.146 e. The molecule has 9 heavy (non-hydrogen) atoms. The molecule has 3 nitrogen and oxygen atoms in total. The van der Waals surface area contributed by atoms with Crippen molar-refractivity contribution in [3.63, 3.8) is 0 Å². The van der Waals surface area contributed by atoms with Gasteiger partial charge in [-0.05, 0) is 11.6 Å². The minimum atomic E-state index is 0.465. The van der Waals surface area contributed by atoms with Crippen molar-refractivity contribution in [2.75, 3.05) is 5.73 Å². The van der Waals surface area contributed by atoms with Crippen molar-refractivity contribution in [2.45, 2.75) is 5.33 Å². The number of nitrogens with zero attached hydrogens (tertiary/aromatic N) is 2. The first-order valence-electron chi connectivity index (χ1n) is 2.46. The van der Waals surface area contributed by atoms with E-state index in [0.717, 1.165) is 10.9 Å². The van der Waals surface area contributed by atoms with Gasteiger partial charge in [0.2, 0.25) is 0 Å². The number of anilines is 1. The molecular weight excluding hydrogens is 182 g/mol. The maximum atomic E-state index is 5.34. The third kappa shape index (κ3) is 1.64. The molecule has 0 saturated heterocycles. The second-order valence-electron chi connectivity index (χ2n) is 1.62. The zero-order valence-electron chi connectivity index (χ0n) is 4.71. The number of alkyl halides is 1. The minimum Gasteiger partial charge on any atom is -0.382 e. The number of nitrogen functional groups attached to an aromatic ring is 1. The van der Waals surface area contributed by atoms with Crippen molar-refractivity contribution in [1.29, 1.82) is 0 Å². The third-order valence-corrected chi connectivity index (χ3v) is 1.53. The van der Waals surface area contributed by atoms with Crippen LogP contribution >= 0.6 is 15.9 Å². The predicted octanol–water partition coefficient (Wildman–Crippen LogP) is 0.954. The Bertz CT molecular complexity index is 201. The standard InChI is InChI=1S/C5H6BrN3/c6-2-4-1-5(7)9-8-3-4/h1,3H,2H2,(H2,7,9). The van der Waals surface area contributed by atoms with Gasteiger partial charge >= 0.3 is 0 Å². The van der Waals surface area contributed by atoms with Gasteiger partial charge in [-0.1, -0.05) is 15.9 Å². The first-order chi connectivity index (χ1) is 4.33. The van der Waals surface area contributed by atoms with Gasteiger partial charge in [-0.15, -0.1) is 5.10 Å². The molecule has 1 rings (SSSR count). The molecule has 4 heteroatoms. The Morgan fingerprint density at radius 1 is 1.67 bits per heavy atom. The van der Waals surface area contributed by atoms with Crippen LogP contribution in [0.4, 0.5) is 5.82 Å². The summed E-state index contributed by atoms with van der Waals surface area (Å²) < 4.78 is 0. The van der Waals surface area contributed by atoms with Crippen molar-refractivity contribution in [3.8, 4) is 0 Å². The fourth-order valence-corrected chi connectivity index (χ4v) is 0.806. The maximum absolute atomic E-state index is 5.34. The topological polar surface area (TPSA) is 51.8 Å². The summed E-state index contributed by atoms with van der Waals surface area (Å²) in [5.74, 6) is 0.465. The zero-order valence-corrected chi connectivity index (χ0v) is 6.30. The van der Waals surface area contributed by atoms with E-state index < -0.39 is 0 Å². The average Bonchev–Trinajstić information content (AvgIpc) is 1.88. The van der Waals surface area contributed by atoms with Gasteiger partial charge in [0.15, 0.2) is 0 Å². The van der Waals surface area contributed by atoms with Gasteiger partial charge < -0.3 is 5.73 Å². The van der Waals surface area contributed by atoms with E-state index in [1.807, 2.05) is 0 Å². The van der Waals surface area contributed by atoms with Crippen LogP contribution in [0.5, 0.6) is 0 Å². The van der Waals surface area contributed by atoms with Crippen LogP contribution in [-0.4, -0.2) is 10.2 Å². The van der Waals surface area contributed by atoms with E-state index in [1.54, 1.807) is 12.3 Å². The van der Waals surface area contributed by atoms with Gasteiger partial charge in [0.25, 0.3) is 0 Å². The molecule has 0 saturated carbocycles. The van der Waals surface area contributed by atoms with Crippen LogP contribution in [-0.2, 0) is 5.33 Å². The van der Waals surface area contributed by atoms with Gasteiger partial charge in [-0.3, -0.25) is 0 Å². The van der Waals surface area contributed by atoms with E-state index in [9.17, 15) is 0 Å². The van der Waals surface area contributed by atoms with E-state index in [2.05, 4.69) is 26.1 Å². The minimum absolute atomic E-state index is 0.465. The molecule has 1 aromatic rings. The Morgan fingerprint density at radius 3 is 2.89 bits per heavy atom. The summed E-state index contributed by atoms with van der Waals surface area (Å²) >= 11 is 3.27. The molecule has 48 valence electrons. The summed E-state index contributed by atoms with van der Waals surface area (Å²) in [4.78, 5) is 0. The predicted molar refractivity (Wildman–Crippen MR) is 39.1 cm³/mol. The number of aromatic nitrogens is 2. The molecule has 0 radical (unpaired) electrons. The normalized spacial score (nSPS) is 9.44. The first-order valence-corrected chi connectivity index (χ1v) is 3.58. The highest BCUT2D eigenvalue weighted by Crippen LogP contribution is 2.04. The molecular formula is C5H6BrN3. The quantitative estimate of drug-likeness (QED) is 0.667. The van der Waals surface area contributed by atoms with Crippen LogP contribution in [0.1, 0.15) is 5.56 Å². The fraction of sp³-hybridized carbons (Fsp3) is 0.200. The second kappa shape index (κ2) is 2.77. The molecule has 0 aliphatic carbocycles. The van der Waals surface area contributed by atoms with E-state index >= 15 is 0 Å². The molecule has 0 spiro atoms. The SMILES string of the molecule is Nc1cc(CBr)cnn1. The highest BCUT2D eigenvalue weighted by molar-refractivity contribution is 9.08. The molecule has 0 aliphatic heterocycles. The van der Waals surface area contributed by atoms with Crippen LogP contribution < -0.4 is 5.73 Å². The van der Waals surface area contributed by atoms with Crippen LogP contribution in [0.2, 0.25) is 0 Å². The maximum Gasteiger partial charge on any atom is 0.146 e. The van der Waals surface area contributed by atoms with Crippen molar-refractivity contribution >= 4 is 21.7 Å². The van der Waals surface area contributed by atoms with Crippen molar-refractivity contribution in [2.24, 2.45) is 0 Å². The van der Waals surface area contributed by atoms with E-state index in [1.165, 1.54) is 0 Å². The van der Waals surface area contributed by atoms with Gasteiger partial charge in [-0.2, -0.15) is 5.10 Å². The molecule has 0 unspecified atom stereocenters. The van der Waals surface area contributed by atoms with Gasteiger partial charge in [0.05, 0.1) is 6.20 Å². The lowest BCUT2D eigenvalue weighted by atomic mass is 10.3. The molecule has 0 atom stereocenters. The van der Waals surface area contributed by atoms with Crippen molar-refractivity contribution in [1.82, 2.24) is 10.2 Å². The Kier molecular flexibility index (Phi) is 2.00. The highest BCUT2D eigenvalue weighted by atomic mass is 79.9. The van der Waals surface area contributed by atoms with E-state index in [0.29, 0.717) is 5.82 Å². The monoisotopic (exact) mass is 187 g/mol. The van der Waals surface area contributed by atoms with Gasteiger partial charge in [-0.25, -0.2) is 0 Å². The van der Waals surface area contributed by atoms with Crippen LogP contribution in [0.15, 0.2) is 12.3 Å². The number of hydrogen-bond acceptors (Lipinski definition) is 3. The van der Waals surface area contributed by atoms with Gasteiger partial charge in [0, 0.05) is 5.33 Å². The largest absolute Gasteiger partial charge is 0.382 e. The second-order valence-corrected chi connectivity index (χ2v) is 2.18. The Hall–Kier alpha value is -0.640. The third-order valence-electron chi connectivity index (χ3n) is 0.884. The van der Waals surface area contributed by atoms with Crippen molar-refractivity contribution in [3.05, 3.63) is 17.8 Å². The zero-order chi connectivity index (χ0) is 6.69. The van der Waals surface area contributed by atoms with Crippen molar-refractivity contribution < 1.29 is 0 Å². The fourth-order valence-electron chi connectivity index (χ4n) is 0.499. The lowest BCUT2D eigenvalue weighted by Gasteiger charge is -1.92. The first kappa shape index (κ1) is 6.48. The summed E-state index contributed by atoms with van der Waals surface area (Å²) in [6.07, 6.45) is 1.67. The Balaban J connectivity index is 2.94. The summed E-state index contributed by atoms with van der Waals surface area (Å²) in [6, 6.07) is 1.78. The highest BCUT2D eigenvalue weighted by Gasteiger charge is 1.89. The summed E-state index contributed by atoms with van der Waals surface area (Å²) in [7, 11) is 0. The molecule has 2 N–H and O–H groups in total. The lowest BCUT2D eigenvalue weighted by molar-refractivity contribution is 1.02. The average molecular weight is 188 g/mol. The Morgan fingerprint density at radius 2 is 2.44 bits per heavy atom. The van der Waals surface area contributed by atoms with E-state index in [4.69, 9.17) is 5.73 Å². The molecule has 0 fully saturated rings.